The molecule has 0 aromatic heterocycles. The Labute approximate surface area is 96.0 Å². The summed E-state index contributed by atoms with van der Waals surface area (Å²) >= 11 is 0. The van der Waals surface area contributed by atoms with E-state index in [4.69, 9.17) is 8.85 Å². The first kappa shape index (κ1) is 15.1. The molecule has 92 valence electrons. The molecule has 3 nitrogen and oxygen atoms in total. The fraction of sp³-hybridized carbons (Fsp3) is 1.00. The van der Waals surface area contributed by atoms with Crippen LogP contribution in [-0.2, 0) is 8.85 Å². The van der Waals surface area contributed by atoms with Gasteiger partial charge in [-0.3, -0.25) is 0 Å². The topological polar surface area (TPSA) is 21.7 Å². The van der Waals surface area contributed by atoms with E-state index in [0.29, 0.717) is 6.04 Å². The Bertz CT molecular complexity index is 159. The van der Waals surface area contributed by atoms with Crippen molar-refractivity contribution in [1.29, 1.82) is 0 Å². The lowest BCUT2D eigenvalue weighted by atomic mass is 10.2. The first-order valence-corrected chi connectivity index (χ1v) is 8.42. The summed E-state index contributed by atoms with van der Waals surface area (Å²) in [5, 5.41) is 0. The summed E-state index contributed by atoms with van der Waals surface area (Å²) in [6, 6.07) is 1.67. The Balaban J connectivity index is 4.05. The zero-order chi connectivity index (χ0) is 11.9. The summed E-state index contributed by atoms with van der Waals surface area (Å²) in [5.74, 6) is 0. The molecule has 0 spiro atoms. The molecule has 0 rings (SSSR count). The largest absolute Gasteiger partial charge is 0.395 e. The van der Waals surface area contributed by atoms with E-state index in [2.05, 4.69) is 32.5 Å². The van der Waals surface area contributed by atoms with Gasteiger partial charge < -0.3 is 13.8 Å². The van der Waals surface area contributed by atoms with Crippen LogP contribution in [0.15, 0.2) is 0 Å². The van der Waals surface area contributed by atoms with Crippen LogP contribution in [0, 0.1) is 0 Å². The Morgan fingerprint density at radius 2 is 1.60 bits per heavy atom. The monoisotopic (exact) mass is 233 g/mol. The maximum Gasteiger partial charge on any atom is 0.334 e. The molecule has 1 unspecified atom stereocenters. The summed E-state index contributed by atoms with van der Waals surface area (Å²) in [7, 11) is 2.35. The van der Waals surface area contributed by atoms with Crippen LogP contribution < -0.4 is 0 Å². The number of hydrogen-bond donors (Lipinski definition) is 0. The zero-order valence-corrected chi connectivity index (χ0v) is 12.2. The number of nitrogens with zero attached hydrogens (tertiary/aromatic N) is 1. The van der Waals surface area contributed by atoms with Gasteiger partial charge in [0.2, 0.25) is 0 Å². The molecule has 0 radical (unpaired) electrons. The molecule has 0 aromatic rings. The van der Waals surface area contributed by atoms with Crippen LogP contribution in [0.25, 0.3) is 0 Å². The van der Waals surface area contributed by atoms with Crippen molar-refractivity contribution in [2.75, 3.05) is 27.3 Å². The van der Waals surface area contributed by atoms with E-state index in [1.165, 1.54) is 0 Å². The molecule has 0 saturated carbocycles. The summed E-state index contributed by atoms with van der Waals surface area (Å²) in [6.45, 7) is 10.0. The predicted molar refractivity (Wildman–Crippen MR) is 67.4 cm³/mol. The second kappa shape index (κ2) is 7.38. The Morgan fingerprint density at radius 1 is 1.13 bits per heavy atom. The molecule has 0 fully saturated rings. The number of hydrogen-bond acceptors (Lipinski definition) is 3. The maximum absolute atomic E-state index is 5.80. The molecule has 0 aliphatic rings. The minimum atomic E-state index is -1.88. The highest BCUT2D eigenvalue weighted by Gasteiger charge is 2.30. The molecule has 0 bridgehead atoms. The van der Waals surface area contributed by atoms with Gasteiger partial charge in [0.05, 0.1) is 0 Å². The van der Waals surface area contributed by atoms with E-state index in [1.54, 1.807) is 0 Å². The minimum Gasteiger partial charge on any atom is -0.395 e. The second-order valence-electron chi connectivity index (χ2n) is 4.35. The van der Waals surface area contributed by atoms with Gasteiger partial charge in [0.1, 0.15) is 0 Å². The van der Waals surface area contributed by atoms with Crippen LogP contribution in [0.5, 0.6) is 0 Å². The van der Waals surface area contributed by atoms with Crippen molar-refractivity contribution in [3.8, 4) is 0 Å². The van der Waals surface area contributed by atoms with Gasteiger partial charge in [0, 0.05) is 19.3 Å². The van der Waals surface area contributed by atoms with E-state index in [9.17, 15) is 0 Å². The van der Waals surface area contributed by atoms with E-state index in [0.717, 1.165) is 25.7 Å². The SMILES string of the molecule is CCO[Si](C)(CCC(C)N(C)C)OCC. The van der Waals surface area contributed by atoms with Gasteiger partial charge in [-0.1, -0.05) is 0 Å². The Kier molecular flexibility index (Phi) is 7.43. The predicted octanol–water partition coefficient (Wildman–Crippen LogP) is 2.47. The lowest BCUT2D eigenvalue weighted by Gasteiger charge is -2.28. The van der Waals surface area contributed by atoms with Gasteiger partial charge in [-0.15, -0.1) is 0 Å². The summed E-state index contributed by atoms with van der Waals surface area (Å²) in [4.78, 5) is 2.24. The molecular weight excluding hydrogens is 206 g/mol. The third kappa shape index (κ3) is 6.30. The molecular formula is C11H27NO2Si. The third-order valence-electron chi connectivity index (χ3n) is 2.80. The van der Waals surface area contributed by atoms with Crippen molar-refractivity contribution < 1.29 is 8.85 Å². The van der Waals surface area contributed by atoms with Crippen molar-refractivity contribution in [1.82, 2.24) is 4.90 Å². The Morgan fingerprint density at radius 3 is 1.93 bits per heavy atom. The van der Waals surface area contributed by atoms with Gasteiger partial charge in [-0.2, -0.15) is 0 Å². The highest BCUT2D eigenvalue weighted by atomic mass is 28.4. The van der Waals surface area contributed by atoms with Gasteiger partial charge in [0.25, 0.3) is 0 Å². The maximum atomic E-state index is 5.80. The van der Waals surface area contributed by atoms with Crippen molar-refractivity contribution in [2.45, 2.75) is 45.8 Å². The molecule has 0 heterocycles. The molecule has 0 aromatic carbocycles. The van der Waals surface area contributed by atoms with E-state index >= 15 is 0 Å². The molecule has 4 heteroatoms. The summed E-state index contributed by atoms with van der Waals surface area (Å²) in [5.41, 5.74) is 0. The molecule has 0 aliphatic carbocycles. The third-order valence-corrected chi connectivity index (χ3v) is 5.79. The molecule has 0 saturated heterocycles. The van der Waals surface area contributed by atoms with Crippen LogP contribution in [0.3, 0.4) is 0 Å². The fourth-order valence-corrected chi connectivity index (χ4v) is 4.06. The van der Waals surface area contributed by atoms with Gasteiger partial charge in [-0.05, 0) is 53.9 Å². The first-order chi connectivity index (χ1) is 6.95. The van der Waals surface area contributed by atoms with Crippen LogP contribution in [0.1, 0.15) is 27.2 Å². The normalized spacial score (nSPS) is 14.6. The molecule has 0 N–H and O–H groups in total. The van der Waals surface area contributed by atoms with E-state index < -0.39 is 8.56 Å². The molecule has 0 amide bonds. The van der Waals surface area contributed by atoms with Crippen LogP contribution in [-0.4, -0.2) is 46.8 Å². The molecule has 15 heavy (non-hydrogen) atoms. The van der Waals surface area contributed by atoms with Gasteiger partial charge >= 0.3 is 8.56 Å². The van der Waals surface area contributed by atoms with Crippen molar-refractivity contribution in [2.24, 2.45) is 0 Å². The summed E-state index contributed by atoms with van der Waals surface area (Å²) < 4.78 is 11.6. The quantitative estimate of drug-likeness (QED) is 0.601. The molecule has 0 aliphatic heterocycles. The highest BCUT2D eigenvalue weighted by molar-refractivity contribution is 6.66. The van der Waals surface area contributed by atoms with E-state index in [-0.39, 0.29) is 0 Å². The number of rotatable bonds is 8. The van der Waals surface area contributed by atoms with Gasteiger partial charge in [0.15, 0.2) is 0 Å². The lowest BCUT2D eigenvalue weighted by Crippen LogP contribution is -2.40. The van der Waals surface area contributed by atoms with Crippen LogP contribution in [0.4, 0.5) is 0 Å². The first-order valence-electron chi connectivity index (χ1n) is 5.89. The van der Waals surface area contributed by atoms with Crippen molar-refractivity contribution in [3.05, 3.63) is 0 Å². The van der Waals surface area contributed by atoms with Gasteiger partial charge in [-0.25, -0.2) is 0 Å². The highest BCUT2D eigenvalue weighted by Crippen LogP contribution is 2.18. The smallest absolute Gasteiger partial charge is 0.334 e. The fourth-order valence-electron chi connectivity index (χ4n) is 1.53. The van der Waals surface area contributed by atoms with Crippen LogP contribution in [0.2, 0.25) is 12.6 Å². The Hall–Kier alpha value is 0.0969. The summed E-state index contributed by atoms with van der Waals surface area (Å²) in [6.07, 6.45) is 1.15. The second-order valence-corrected chi connectivity index (χ2v) is 7.70. The average Bonchev–Trinajstić information content (AvgIpc) is 2.15. The average molecular weight is 233 g/mol. The lowest BCUT2D eigenvalue weighted by molar-refractivity contribution is 0.184. The van der Waals surface area contributed by atoms with Crippen LogP contribution >= 0.6 is 0 Å². The minimum absolute atomic E-state index is 0.595. The molecule has 1 atom stereocenters. The van der Waals surface area contributed by atoms with E-state index in [1.807, 2.05) is 13.8 Å². The standard InChI is InChI=1S/C11H27NO2Si/c1-7-13-15(6,14-8-2)10-9-11(3)12(4)5/h11H,7-10H2,1-6H3. The van der Waals surface area contributed by atoms with Crippen molar-refractivity contribution >= 4 is 8.56 Å². The van der Waals surface area contributed by atoms with Crippen molar-refractivity contribution in [3.63, 3.8) is 0 Å². The zero-order valence-electron chi connectivity index (χ0n) is 11.2.